The molecule has 0 spiro atoms. The molecule has 0 N–H and O–H groups in total. The second-order valence-electron chi connectivity index (χ2n) is 6.18. The third kappa shape index (κ3) is 5.68. The van der Waals surface area contributed by atoms with Gasteiger partial charge in [0.15, 0.2) is 6.61 Å². The number of ether oxygens (including phenoxy) is 2. The number of hydrogen-bond acceptors (Lipinski definition) is 6. The summed E-state index contributed by atoms with van der Waals surface area (Å²) in [6, 6.07) is 6.04. The first-order valence-corrected chi connectivity index (χ1v) is 8.35. The van der Waals surface area contributed by atoms with Crippen molar-refractivity contribution < 1.29 is 19.2 Å². The molecule has 0 unspecified atom stereocenters. The predicted molar refractivity (Wildman–Crippen MR) is 92.7 cm³/mol. The number of amides is 1. The molecule has 1 aromatic rings. The van der Waals surface area contributed by atoms with E-state index in [1.807, 2.05) is 11.9 Å². The molecule has 25 heavy (non-hydrogen) atoms. The molecular weight excluding hydrogens is 326 g/mol. The van der Waals surface area contributed by atoms with Crippen LogP contribution in [0.3, 0.4) is 0 Å². The van der Waals surface area contributed by atoms with Crippen molar-refractivity contribution in [3.63, 3.8) is 0 Å². The summed E-state index contributed by atoms with van der Waals surface area (Å²) >= 11 is 0. The van der Waals surface area contributed by atoms with Crippen molar-refractivity contribution >= 4 is 11.6 Å². The number of methoxy groups -OCH3 is 1. The Morgan fingerprint density at radius 1 is 1.48 bits per heavy atom. The number of hydrogen-bond donors (Lipinski definition) is 0. The average molecular weight is 351 g/mol. The number of carbonyl (C=O) groups is 1. The minimum atomic E-state index is -0.485. The van der Waals surface area contributed by atoms with Crippen LogP contribution in [0.2, 0.25) is 0 Å². The number of likely N-dealkylation sites (tertiary alicyclic amines) is 1. The molecule has 1 heterocycles. The lowest BCUT2D eigenvalue weighted by Crippen LogP contribution is -2.44. The van der Waals surface area contributed by atoms with Crippen molar-refractivity contribution in [2.75, 3.05) is 47.0 Å². The summed E-state index contributed by atoms with van der Waals surface area (Å²) in [4.78, 5) is 26.8. The van der Waals surface area contributed by atoms with Gasteiger partial charge in [-0.15, -0.1) is 0 Å². The molecule has 0 aromatic heterocycles. The van der Waals surface area contributed by atoms with Gasteiger partial charge in [0.25, 0.3) is 11.6 Å². The second kappa shape index (κ2) is 9.33. The predicted octanol–water partition coefficient (Wildman–Crippen LogP) is 1.54. The molecule has 0 radical (unpaired) electrons. The number of nitro groups is 1. The van der Waals surface area contributed by atoms with E-state index in [0.717, 1.165) is 32.5 Å². The number of nitrogens with zero attached hydrogens (tertiary/aromatic N) is 3. The van der Waals surface area contributed by atoms with Gasteiger partial charge in [-0.1, -0.05) is 6.07 Å². The van der Waals surface area contributed by atoms with Crippen LogP contribution in [0.4, 0.5) is 5.69 Å². The molecule has 8 nitrogen and oxygen atoms in total. The van der Waals surface area contributed by atoms with Crippen LogP contribution in [0.5, 0.6) is 5.75 Å². The Hall–Kier alpha value is -2.19. The largest absolute Gasteiger partial charge is 0.484 e. The molecular formula is C17H25N3O5. The highest BCUT2D eigenvalue weighted by Gasteiger charge is 2.29. The molecule has 1 fully saturated rings. The van der Waals surface area contributed by atoms with E-state index in [2.05, 4.69) is 4.90 Å². The van der Waals surface area contributed by atoms with Gasteiger partial charge in [-0.25, -0.2) is 0 Å². The number of rotatable bonds is 9. The maximum absolute atomic E-state index is 12.5. The number of benzene rings is 1. The zero-order chi connectivity index (χ0) is 18.2. The summed E-state index contributed by atoms with van der Waals surface area (Å²) in [6.45, 7) is 2.89. The molecule has 0 bridgehead atoms. The smallest absolute Gasteiger partial charge is 0.273 e. The fourth-order valence-electron chi connectivity index (χ4n) is 2.97. The zero-order valence-electron chi connectivity index (χ0n) is 14.7. The van der Waals surface area contributed by atoms with Gasteiger partial charge in [-0.2, -0.15) is 0 Å². The van der Waals surface area contributed by atoms with Gasteiger partial charge >= 0.3 is 0 Å². The summed E-state index contributed by atoms with van der Waals surface area (Å²) in [7, 11) is 3.68. The topological polar surface area (TPSA) is 85.2 Å². The summed E-state index contributed by atoms with van der Waals surface area (Å²) in [5.74, 6) is 0.240. The van der Waals surface area contributed by atoms with Crippen molar-refractivity contribution in [2.45, 2.75) is 18.9 Å². The summed E-state index contributed by atoms with van der Waals surface area (Å²) in [5.41, 5.74) is -0.0521. The highest BCUT2D eigenvalue weighted by Crippen LogP contribution is 2.21. The standard InChI is InChI=1S/C17H25N3O5/c1-18(9-10-24-2)12-15-6-4-8-19(15)17(21)13-25-16-7-3-5-14(11-16)20(22)23/h3,5,7,11,15H,4,6,8-10,12-13H2,1-2H3/t15-/m1/s1. The summed E-state index contributed by atoms with van der Waals surface area (Å²) < 4.78 is 10.5. The molecule has 1 aromatic carbocycles. The first-order chi connectivity index (χ1) is 12.0. The molecule has 1 aliphatic rings. The van der Waals surface area contributed by atoms with E-state index < -0.39 is 4.92 Å². The van der Waals surface area contributed by atoms with Crippen molar-refractivity contribution in [1.82, 2.24) is 9.80 Å². The van der Waals surface area contributed by atoms with Crippen LogP contribution in [0, 0.1) is 10.1 Å². The fourth-order valence-corrected chi connectivity index (χ4v) is 2.97. The highest BCUT2D eigenvalue weighted by molar-refractivity contribution is 5.78. The van der Waals surface area contributed by atoms with Gasteiger partial charge in [0.1, 0.15) is 5.75 Å². The van der Waals surface area contributed by atoms with Crippen LogP contribution in [0.25, 0.3) is 0 Å². The van der Waals surface area contributed by atoms with Crippen LogP contribution in [-0.2, 0) is 9.53 Å². The number of nitro benzene ring substituents is 1. The zero-order valence-corrected chi connectivity index (χ0v) is 14.7. The summed E-state index contributed by atoms with van der Waals surface area (Å²) in [6.07, 6.45) is 1.95. The van der Waals surface area contributed by atoms with Gasteiger partial charge in [0, 0.05) is 38.9 Å². The SMILES string of the molecule is COCCN(C)C[C@H]1CCCN1C(=O)COc1cccc([N+](=O)[O-])c1. The third-order valence-corrected chi connectivity index (χ3v) is 4.29. The Kier molecular flexibility index (Phi) is 7.15. The van der Waals surface area contributed by atoms with E-state index in [-0.39, 0.29) is 24.2 Å². The van der Waals surface area contributed by atoms with Gasteiger partial charge < -0.3 is 19.3 Å². The lowest BCUT2D eigenvalue weighted by atomic mass is 10.2. The Morgan fingerprint density at radius 3 is 3.00 bits per heavy atom. The lowest BCUT2D eigenvalue weighted by molar-refractivity contribution is -0.384. The molecule has 1 amide bonds. The maximum atomic E-state index is 12.5. The fraction of sp³-hybridized carbons (Fsp3) is 0.588. The normalized spacial score (nSPS) is 17.1. The van der Waals surface area contributed by atoms with Crippen LogP contribution in [-0.4, -0.2) is 73.7 Å². The molecule has 1 aliphatic heterocycles. The van der Waals surface area contributed by atoms with Crippen LogP contribution < -0.4 is 4.74 Å². The van der Waals surface area contributed by atoms with E-state index in [1.165, 1.54) is 12.1 Å². The Bertz CT molecular complexity index is 595. The van der Waals surface area contributed by atoms with Crippen LogP contribution in [0.15, 0.2) is 24.3 Å². The van der Waals surface area contributed by atoms with Crippen molar-refractivity contribution in [3.8, 4) is 5.75 Å². The van der Waals surface area contributed by atoms with E-state index in [4.69, 9.17) is 9.47 Å². The number of non-ortho nitro benzene ring substituents is 1. The summed E-state index contributed by atoms with van der Waals surface area (Å²) in [5, 5.41) is 10.8. The molecule has 138 valence electrons. The quantitative estimate of drug-likeness (QED) is 0.496. The van der Waals surface area contributed by atoms with Gasteiger partial charge in [0.05, 0.1) is 17.6 Å². The van der Waals surface area contributed by atoms with Crippen molar-refractivity contribution in [2.24, 2.45) is 0 Å². The molecule has 0 aliphatic carbocycles. The van der Waals surface area contributed by atoms with Gasteiger partial charge in [-0.05, 0) is 26.0 Å². The highest BCUT2D eigenvalue weighted by atomic mass is 16.6. The van der Waals surface area contributed by atoms with E-state index >= 15 is 0 Å². The molecule has 8 heteroatoms. The Labute approximate surface area is 147 Å². The van der Waals surface area contributed by atoms with Gasteiger partial charge in [-0.3, -0.25) is 14.9 Å². The van der Waals surface area contributed by atoms with Crippen molar-refractivity contribution in [1.29, 1.82) is 0 Å². The first kappa shape index (κ1) is 19.1. The molecule has 1 saturated heterocycles. The first-order valence-electron chi connectivity index (χ1n) is 8.35. The molecule has 1 atom stereocenters. The Morgan fingerprint density at radius 2 is 2.28 bits per heavy atom. The minimum absolute atomic E-state index is 0.0521. The van der Waals surface area contributed by atoms with Crippen LogP contribution in [0.1, 0.15) is 12.8 Å². The average Bonchev–Trinajstić information content (AvgIpc) is 3.06. The van der Waals surface area contributed by atoms with E-state index in [1.54, 1.807) is 19.2 Å². The van der Waals surface area contributed by atoms with Gasteiger partial charge in [0.2, 0.25) is 0 Å². The third-order valence-electron chi connectivity index (χ3n) is 4.29. The molecule has 2 rings (SSSR count). The number of carbonyl (C=O) groups excluding carboxylic acids is 1. The monoisotopic (exact) mass is 351 g/mol. The maximum Gasteiger partial charge on any atom is 0.273 e. The Balaban J connectivity index is 1.86. The van der Waals surface area contributed by atoms with E-state index in [9.17, 15) is 14.9 Å². The van der Waals surface area contributed by atoms with Crippen LogP contribution >= 0.6 is 0 Å². The van der Waals surface area contributed by atoms with Crippen molar-refractivity contribution in [3.05, 3.63) is 34.4 Å². The lowest BCUT2D eigenvalue weighted by Gasteiger charge is -2.28. The van der Waals surface area contributed by atoms with E-state index in [0.29, 0.717) is 12.4 Å². The number of likely N-dealkylation sites (N-methyl/N-ethyl adjacent to an activating group) is 1. The minimum Gasteiger partial charge on any atom is -0.484 e. The second-order valence-corrected chi connectivity index (χ2v) is 6.18. The molecule has 0 saturated carbocycles.